The van der Waals surface area contributed by atoms with E-state index in [0.717, 1.165) is 29.0 Å². The molecule has 2 aromatic rings. The van der Waals surface area contributed by atoms with Crippen molar-refractivity contribution < 1.29 is 9.84 Å². The van der Waals surface area contributed by atoms with Crippen molar-refractivity contribution in [3.8, 4) is 11.5 Å². The minimum atomic E-state index is -0.396. The molecule has 0 unspecified atom stereocenters. The van der Waals surface area contributed by atoms with E-state index in [1.54, 1.807) is 0 Å². The molecule has 0 radical (unpaired) electrons. The highest BCUT2D eigenvalue weighted by Crippen LogP contribution is 2.29. The summed E-state index contributed by atoms with van der Waals surface area (Å²) in [6.45, 7) is 8.20. The Morgan fingerprint density at radius 2 is 1.70 bits per heavy atom. The van der Waals surface area contributed by atoms with E-state index in [1.165, 1.54) is 11.1 Å². The molecule has 2 rings (SSSR count). The second-order valence-electron chi connectivity index (χ2n) is 5.30. The molecule has 0 aliphatic heterocycles. The highest BCUT2D eigenvalue weighted by Gasteiger charge is 2.07. The zero-order valence-corrected chi connectivity index (χ0v) is 12.6. The number of aryl methyl sites for hydroxylation is 2. The zero-order chi connectivity index (χ0) is 14.7. The fraction of sp³-hybridized carbons (Fsp3) is 0.333. The number of hydrogen-bond donors (Lipinski definition) is 1. The summed E-state index contributed by atoms with van der Waals surface area (Å²) in [6, 6.07) is 11.9. The van der Waals surface area contributed by atoms with Crippen LogP contribution in [0.25, 0.3) is 0 Å². The normalized spacial score (nSPS) is 12.2. The average molecular weight is 270 g/mol. The largest absolute Gasteiger partial charge is 0.457 e. The molecular weight excluding hydrogens is 248 g/mol. The molecule has 0 saturated carbocycles. The molecule has 2 aromatic carbocycles. The van der Waals surface area contributed by atoms with Gasteiger partial charge in [-0.25, -0.2) is 0 Å². The molecule has 0 bridgehead atoms. The molecule has 0 aliphatic carbocycles. The molecule has 0 heterocycles. The predicted octanol–water partition coefficient (Wildman–Crippen LogP) is 4.85. The summed E-state index contributed by atoms with van der Waals surface area (Å²) >= 11 is 0. The molecule has 20 heavy (non-hydrogen) atoms. The van der Waals surface area contributed by atoms with Crippen LogP contribution in [0.15, 0.2) is 36.4 Å². The summed E-state index contributed by atoms with van der Waals surface area (Å²) in [5.41, 5.74) is 4.52. The van der Waals surface area contributed by atoms with Crippen LogP contribution in [0.5, 0.6) is 11.5 Å². The molecular formula is C18H22O2. The quantitative estimate of drug-likeness (QED) is 0.860. The molecule has 2 heteroatoms. The van der Waals surface area contributed by atoms with Crippen molar-refractivity contribution in [1.29, 1.82) is 0 Å². The van der Waals surface area contributed by atoms with E-state index in [4.69, 9.17) is 4.74 Å². The van der Waals surface area contributed by atoms with E-state index in [9.17, 15) is 5.11 Å². The van der Waals surface area contributed by atoms with Crippen molar-refractivity contribution in [3.05, 3.63) is 58.7 Å². The van der Waals surface area contributed by atoms with Crippen LogP contribution < -0.4 is 4.74 Å². The Kier molecular flexibility index (Phi) is 4.46. The molecule has 0 spiro atoms. The van der Waals surface area contributed by atoms with Gasteiger partial charge in [0, 0.05) is 0 Å². The minimum absolute atomic E-state index is 0.396. The summed E-state index contributed by atoms with van der Waals surface area (Å²) in [5, 5.41) is 9.79. The maximum atomic E-state index is 9.79. The first-order valence-electron chi connectivity index (χ1n) is 7.05. The van der Waals surface area contributed by atoms with Crippen molar-refractivity contribution in [2.24, 2.45) is 0 Å². The summed E-state index contributed by atoms with van der Waals surface area (Å²) in [4.78, 5) is 0. The number of ether oxygens (including phenoxy) is 1. The Labute approximate surface area is 121 Å². The molecule has 0 aromatic heterocycles. The monoisotopic (exact) mass is 270 g/mol. The number of benzene rings is 2. The van der Waals surface area contributed by atoms with E-state index in [0.29, 0.717) is 0 Å². The smallest absolute Gasteiger partial charge is 0.130 e. The number of rotatable bonds is 4. The van der Waals surface area contributed by atoms with Crippen molar-refractivity contribution >= 4 is 0 Å². The molecule has 106 valence electrons. The lowest BCUT2D eigenvalue weighted by molar-refractivity contribution is 0.173. The molecule has 2 nitrogen and oxygen atoms in total. The van der Waals surface area contributed by atoms with Gasteiger partial charge < -0.3 is 9.84 Å². The van der Waals surface area contributed by atoms with Gasteiger partial charge >= 0.3 is 0 Å². The average Bonchev–Trinajstić information content (AvgIpc) is 2.44. The second kappa shape index (κ2) is 6.10. The van der Waals surface area contributed by atoms with Gasteiger partial charge in [-0.05, 0) is 67.6 Å². The third-order valence-electron chi connectivity index (χ3n) is 3.64. The first kappa shape index (κ1) is 14.6. The minimum Gasteiger partial charge on any atom is -0.457 e. The van der Waals surface area contributed by atoms with Crippen molar-refractivity contribution in [3.63, 3.8) is 0 Å². The van der Waals surface area contributed by atoms with Gasteiger partial charge in [-0.2, -0.15) is 0 Å². The van der Waals surface area contributed by atoms with Crippen LogP contribution in [0.4, 0.5) is 0 Å². The number of aliphatic hydroxyl groups is 1. The van der Waals surface area contributed by atoms with Crippen molar-refractivity contribution in [1.82, 2.24) is 0 Å². The van der Waals surface area contributed by atoms with E-state index in [2.05, 4.69) is 32.9 Å². The standard InChI is InChI=1S/C18H22O2/c1-5-17(19)15-6-8-16(9-7-15)20-18-11-12(2)10-13(3)14(18)4/h6-11,17,19H,5H2,1-4H3/t17-/m0/s1. The van der Waals surface area contributed by atoms with Crippen molar-refractivity contribution in [2.75, 3.05) is 0 Å². The topological polar surface area (TPSA) is 29.5 Å². The van der Waals surface area contributed by atoms with Crippen molar-refractivity contribution in [2.45, 2.75) is 40.2 Å². The van der Waals surface area contributed by atoms with Crippen LogP contribution in [0.2, 0.25) is 0 Å². The number of aliphatic hydroxyl groups excluding tert-OH is 1. The van der Waals surface area contributed by atoms with Gasteiger partial charge in [-0.15, -0.1) is 0 Å². The summed E-state index contributed by atoms with van der Waals surface area (Å²) in [6.07, 6.45) is 0.322. The zero-order valence-electron chi connectivity index (χ0n) is 12.6. The Balaban J connectivity index is 2.22. The lowest BCUT2D eigenvalue weighted by atomic mass is 10.1. The molecule has 1 atom stereocenters. The van der Waals surface area contributed by atoms with Gasteiger partial charge in [0.2, 0.25) is 0 Å². The van der Waals surface area contributed by atoms with E-state index in [1.807, 2.05) is 31.2 Å². The molecule has 0 saturated heterocycles. The van der Waals surface area contributed by atoms with Gasteiger partial charge in [-0.1, -0.05) is 25.1 Å². The van der Waals surface area contributed by atoms with Crippen LogP contribution >= 0.6 is 0 Å². The summed E-state index contributed by atoms with van der Waals surface area (Å²) in [7, 11) is 0. The van der Waals surface area contributed by atoms with Crippen LogP contribution in [0, 0.1) is 20.8 Å². The van der Waals surface area contributed by atoms with Gasteiger partial charge in [0.1, 0.15) is 11.5 Å². The fourth-order valence-corrected chi connectivity index (χ4v) is 2.23. The lowest BCUT2D eigenvalue weighted by Gasteiger charge is -2.13. The van der Waals surface area contributed by atoms with E-state index in [-0.39, 0.29) is 0 Å². The van der Waals surface area contributed by atoms with Gasteiger partial charge in [-0.3, -0.25) is 0 Å². The Morgan fingerprint density at radius 3 is 2.30 bits per heavy atom. The third-order valence-corrected chi connectivity index (χ3v) is 3.64. The third kappa shape index (κ3) is 3.20. The fourth-order valence-electron chi connectivity index (χ4n) is 2.23. The molecule has 0 fully saturated rings. The highest BCUT2D eigenvalue weighted by molar-refractivity contribution is 5.44. The Morgan fingerprint density at radius 1 is 1.05 bits per heavy atom. The van der Waals surface area contributed by atoms with E-state index >= 15 is 0 Å². The lowest BCUT2D eigenvalue weighted by Crippen LogP contribution is -1.95. The van der Waals surface area contributed by atoms with Crippen LogP contribution in [0.3, 0.4) is 0 Å². The van der Waals surface area contributed by atoms with E-state index < -0.39 is 6.10 Å². The van der Waals surface area contributed by atoms with Crippen LogP contribution in [0.1, 0.15) is 41.7 Å². The van der Waals surface area contributed by atoms with Gasteiger partial charge in [0.15, 0.2) is 0 Å². The van der Waals surface area contributed by atoms with Crippen LogP contribution in [-0.2, 0) is 0 Å². The Bertz CT molecular complexity index is 585. The van der Waals surface area contributed by atoms with Gasteiger partial charge in [0.05, 0.1) is 6.10 Å². The molecule has 0 aliphatic rings. The molecule has 0 amide bonds. The Hall–Kier alpha value is -1.80. The first-order chi connectivity index (χ1) is 9.51. The SMILES string of the molecule is CC[C@H](O)c1ccc(Oc2cc(C)cc(C)c2C)cc1. The molecule has 1 N–H and O–H groups in total. The maximum Gasteiger partial charge on any atom is 0.130 e. The first-order valence-corrected chi connectivity index (χ1v) is 7.05. The predicted molar refractivity (Wildman–Crippen MR) is 82.4 cm³/mol. The maximum absolute atomic E-state index is 9.79. The van der Waals surface area contributed by atoms with Gasteiger partial charge in [0.25, 0.3) is 0 Å². The summed E-state index contributed by atoms with van der Waals surface area (Å²) in [5.74, 6) is 1.69. The summed E-state index contributed by atoms with van der Waals surface area (Å²) < 4.78 is 5.96. The highest BCUT2D eigenvalue weighted by atomic mass is 16.5. The van der Waals surface area contributed by atoms with Crippen LogP contribution in [-0.4, -0.2) is 5.11 Å². The number of hydrogen-bond acceptors (Lipinski definition) is 2. The second-order valence-corrected chi connectivity index (χ2v) is 5.30.